The number of esters is 1. The van der Waals surface area contributed by atoms with E-state index in [1.807, 2.05) is 0 Å². The third-order valence-electron chi connectivity index (χ3n) is 4.28. The first kappa shape index (κ1) is 17.2. The summed E-state index contributed by atoms with van der Waals surface area (Å²) in [5, 5.41) is 5.94. The van der Waals surface area contributed by atoms with E-state index in [4.69, 9.17) is 0 Å². The van der Waals surface area contributed by atoms with E-state index in [9.17, 15) is 14.0 Å². The van der Waals surface area contributed by atoms with Crippen LogP contribution in [-0.4, -0.2) is 31.6 Å². The molecule has 126 valence electrons. The first-order chi connectivity index (χ1) is 11.0. The van der Waals surface area contributed by atoms with Crippen molar-refractivity contribution in [2.45, 2.75) is 38.6 Å². The number of nitrogens with one attached hydrogen (secondary N) is 2. The molecule has 1 fully saturated rings. The Hall–Kier alpha value is -2.11. The SMILES string of the molecule is COC(=O)c1cc(NCC(=O)N[C@@H]2CCCC[C@H]2C)ccc1F. The van der Waals surface area contributed by atoms with E-state index in [2.05, 4.69) is 22.3 Å². The van der Waals surface area contributed by atoms with Crippen molar-refractivity contribution in [2.75, 3.05) is 19.0 Å². The quantitative estimate of drug-likeness (QED) is 0.818. The van der Waals surface area contributed by atoms with Gasteiger partial charge in [-0.05, 0) is 37.0 Å². The Labute approximate surface area is 135 Å². The fourth-order valence-electron chi connectivity index (χ4n) is 2.87. The van der Waals surface area contributed by atoms with E-state index in [-0.39, 0.29) is 24.1 Å². The largest absolute Gasteiger partial charge is 0.465 e. The van der Waals surface area contributed by atoms with E-state index in [1.54, 1.807) is 0 Å². The minimum absolute atomic E-state index is 0.0788. The maximum Gasteiger partial charge on any atom is 0.340 e. The number of carbonyl (C=O) groups is 2. The zero-order chi connectivity index (χ0) is 16.8. The van der Waals surface area contributed by atoms with Crippen molar-refractivity contribution in [1.82, 2.24) is 5.32 Å². The smallest absolute Gasteiger partial charge is 0.340 e. The van der Waals surface area contributed by atoms with Crippen molar-refractivity contribution in [1.29, 1.82) is 0 Å². The van der Waals surface area contributed by atoms with Gasteiger partial charge in [0.15, 0.2) is 0 Å². The Morgan fingerprint density at radius 1 is 1.30 bits per heavy atom. The lowest BCUT2D eigenvalue weighted by Gasteiger charge is -2.29. The molecule has 5 nitrogen and oxygen atoms in total. The van der Waals surface area contributed by atoms with Crippen LogP contribution in [0.25, 0.3) is 0 Å². The second kappa shape index (κ2) is 7.94. The summed E-state index contributed by atoms with van der Waals surface area (Å²) in [6.07, 6.45) is 4.51. The fourth-order valence-corrected chi connectivity index (χ4v) is 2.87. The summed E-state index contributed by atoms with van der Waals surface area (Å²) < 4.78 is 18.1. The van der Waals surface area contributed by atoms with Crippen LogP contribution in [0, 0.1) is 11.7 Å². The summed E-state index contributed by atoms with van der Waals surface area (Å²) in [5.41, 5.74) is 0.345. The molecule has 23 heavy (non-hydrogen) atoms. The van der Waals surface area contributed by atoms with Gasteiger partial charge in [-0.3, -0.25) is 4.79 Å². The number of hydrogen-bond acceptors (Lipinski definition) is 4. The van der Waals surface area contributed by atoms with Crippen LogP contribution in [0.2, 0.25) is 0 Å². The first-order valence-electron chi connectivity index (χ1n) is 7.92. The van der Waals surface area contributed by atoms with Crippen LogP contribution in [0.1, 0.15) is 43.0 Å². The van der Waals surface area contributed by atoms with Crippen molar-refractivity contribution in [2.24, 2.45) is 5.92 Å². The van der Waals surface area contributed by atoms with Gasteiger partial charge in [-0.2, -0.15) is 0 Å². The number of amides is 1. The average Bonchev–Trinajstić information content (AvgIpc) is 2.55. The fraction of sp³-hybridized carbons (Fsp3) is 0.529. The molecule has 2 N–H and O–H groups in total. The number of rotatable bonds is 5. The summed E-state index contributed by atoms with van der Waals surface area (Å²) in [7, 11) is 1.20. The van der Waals surface area contributed by atoms with Gasteiger partial charge in [-0.15, -0.1) is 0 Å². The lowest BCUT2D eigenvalue weighted by molar-refractivity contribution is -0.120. The van der Waals surface area contributed by atoms with Gasteiger partial charge in [-0.25, -0.2) is 9.18 Å². The van der Waals surface area contributed by atoms with Crippen LogP contribution < -0.4 is 10.6 Å². The van der Waals surface area contributed by atoms with Crippen molar-refractivity contribution < 1.29 is 18.7 Å². The van der Waals surface area contributed by atoms with Gasteiger partial charge in [-0.1, -0.05) is 19.8 Å². The summed E-state index contributed by atoms with van der Waals surface area (Å²) in [6.45, 7) is 2.23. The standard InChI is InChI=1S/C17H23FN2O3/c1-11-5-3-4-6-15(11)20-16(21)10-19-12-7-8-14(18)13(9-12)17(22)23-2/h7-9,11,15,19H,3-6,10H2,1-2H3,(H,20,21)/t11-,15-/m1/s1. The molecule has 1 saturated carbocycles. The minimum Gasteiger partial charge on any atom is -0.465 e. The van der Waals surface area contributed by atoms with E-state index in [0.29, 0.717) is 11.6 Å². The predicted octanol–water partition coefficient (Wildman–Crippen LogP) is 2.72. The average molecular weight is 322 g/mol. The zero-order valence-corrected chi connectivity index (χ0v) is 13.5. The van der Waals surface area contributed by atoms with Crippen LogP contribution in [0.5, 0.6) is 0 Å². The number of ether oxygens (including phenoxy) is 1. The Kier molecular flexibility index (Phi) is 5.96. The highest BCUT2D eigenvalue weighted by Crippen LogP contribution is 2.23. The normalized spacial score (nSPS) is 20.7. The van der Waals surface area contributed by atoms with E-state index >= 15 is 0 Å². The molecule has 0 bridgehead atoms. The Balaban J connectivity index is 1.90. The monoisotopic (exact) mass is 322 g/mol. The first-order valence-corrected chi connectivity index (χ1v) is 7.92. The maximum atomic E-state index is 13.6. The summed E-state index contributed by atoms with van der Waals surface area (Å²) >= 11 is 0. The Morgan fingerprint density at radius 3 is 2.74 bits per heavy atom. The molecular weight excluding hydrogens is 299 g/mol. The van der Waals surface area contributed by atoms with Crippen molar-refractivity contribution >= 4 is 17.6 Å². The number of carbonyl (C=O) groups excluding carboxylic acids is 2. The van der Waals surface area contributed by atoms with Crippen LogP contribution >= 0.6 is 0 Å². The number of anilines is 1. The van der Waals surface area contributed by atoms with E-state index in [1.165, 1.54) is 31.7 Å². The highest BCUT2D eigenvalue weighted by atomic mass is 19.1. The van der Waals surface area contributed by atoms with E-state index < -0.39 is 11.8 Å². The maximum absolute atomic E-state index is 13.6. The molecule has 0 spiro atoms. The van der Waals surface area contributed by atoms with Gasteiger partial charge in [0, 0.05) is 11.7 Å². The molecule has 0 heterocycles. The van der Waals surface area contributed by atoms with E-state index in [0.717, 1.165) is 19.3 Å². The molecule has 1 amide bonds. The lowest BCUT2D eigenvalue weighted by atomic mass is 9.86. The highest BCUT2D eigenvalue weighted by molar-refractivity contribution is 5.91. The minimum atomic E-state index is -0.744. The van der Waals surface area contributed by atoms with Gasteiger partial charge in [0.1, 0.15) is 5.82 Å². The van der Waals surface area contributed by atoms with Crippen LogP contribution in [0.4, 0.5) is 10.1 Å². The summed E-state index contributed by atoms with van der Waals surface area (Å²) in [5.74, 6) is -1.01. The van der Waals surface area contributed by atoms with Crippen molar-refractivity contribution in [3.8, 4) is 0 Å². The topological polar surface area (TPSA) is 67.4 Å². The number of hydrogen-bond donors (Lipinski definition) is 2. The van der Waals surface area contributed by atoms with Gasteiger partial charge < -0.3 is 15.4 Å². The molecule has 6 heteroatoms. The van der Waals surface area contributed by atoms with Crippen molar-refractivity contribution in [3.05, 3.63) is 29.6 Å². The molecule has 1 aliphatic rings. The molecule has 0 unspecified atom stereocenters. The Morgan fingerprint density at radius 2 is 2.04 bits per heavy atom. The Bertz CT molecular complexity index is 577. The molecular formula is C17H23FN2O3. The van der Waals surface area contributed by atoms with Gasteiger partial charge in [0.05, 0.1) is 19.2 Å². The molecule has 0 radical (unpaired) electrons. The molecule has 2 rings (SSSR count). The lowest BCUT2D eigenvalue weighted by Crippen LogP contribution is -2.43. The molecule has 1 aromatic carbocycles. The molecule has 1 aromatic rings. The van der Waals surface area contributed by atoms with Crippen LogP contribution in [0.3, 0.4) is 0 Å². The third-order valence-corrected chi connectivity index (χ3v) is 4.28. The zero-order valence-electron chi connectivity index (χ0n) is 13.5. The number of methoxy groups -OCH3 is 1. The van der Waals surface area contributed by atoms with Crippen LogP contribution in [0.15, 0.2) is 18.2 Å². The second-order valence-corrected chi connectivity index (χ2v) is 5.98. The molecule has 1 aliphatic carbocycles. The summed E-state index contributed by atoms with van der Waals surface area (Å²) in [4.78, 5) is 23.5. The number of halogens is 1. The number of benzene rings is 1. The van der Waals surface area contributed by atoms with Gasteiger partial charge >= 0.3 is 5.97 Å². The van der Waals surface area contributed by atoms with Crippen molar-refractivity contribution in [3.63, 3.8) is 0 Å². The second-order valence-electron chi connectivity index (χ2n) is 5.98. The molecule has 0 aromatic heterocycles. The molecule has 0 aliphatic heterocycles. The van der Waals surface area contributed by atoms with Crippen LogP contribution in [-0.2, 0) is 9.53 Å². The predicted molar refractivity (Wildman–Crippen MR) is 85.8 cm³/mol. The molecule has 0 saturated heterocycles. The van der Waals surface area contributed by atoms with Gasteiger partial charge in [0.2, 0.25) is 5.91 Å². The summed E-state index contributed by atoms with van der Waals surface area (Å²) in [6, 6.07) is 4.22. The third kappa shape index (κ3) is 4.68. The highest BCUT2D eigenvalue weighted by Gasteiger charge is 2.22. The van der Waals surface area contributed by atoms with Gasteiger partial charge in [0.25, 0.3) is 0 Å². The molecule has 2 atom stereocenters.